The van der Waals surface area contributed by atoms with Gasteiger partial charge in [0.1, 0.15) is 0 Å². The zero-order valence-corrected chi connectivity index (χ0v) is 11.6. The van der Waals surface area contributed by atoms with Crippen molar-refractivity contribution in [3.8, 4) is 0 Å². The number of rotatable bonds is 6. The molecule has 1 aromatic heterocycles. The lowest BCUT2D eigenvalue weighted by molar-refractivity contribution is 0.192. The van der Waals surface area contributed by atoms with E-state index in [2.05, 4.69) is 50.2 Å². The van der Waals surface area contributed by atoms with Crippen molar-refractivity contribution >= 4 is 11.3 Å². The van der Waals surface area contributed by atoms with Crippen LogP contribution in [0, 0.1) is 5.92 Å². The molecule has 2 unspecified atom stereocenters. The van der Waals surface area contributed by atoms with Crippen LogP contribution in [0.4, 0.5) is 0 Å². The molecule has 0 fully saturated rings. The quantitative estimate of drug-likeness (QED) is 0.828. The standard InChI is InChI=1S/C13H24N2S/c1-5-11(14)13(12-7-6-8-16-12)15(4)9-10(2)3/h6-8,10-11,13H,5,9,14H2,1-4H3. The van der Waals surface area contributed by atoms with Crippen LogP contribution in [-0.2, 0) is 0 Å². The Morgan fingerprint density at radius 2 is 2.12 bits per heavy atom. The lowest BCUT2D eigenvalue weighted by Crippen LogP contribution is -2.39. The van der Waals surface area contributed by atoms with Gasteiger partial charge < -0.3 is 5.73 Å². The van der Waals surface area contributed by atoms with Crippen molar-refractivity contribution in [3.63, 3.8) is 0 Å². The molecular weight excluding hydrogens is 216 g/mol. The van der Waals surface area contributed by atoms with Gasteiger partial charge in [-0.15, -0.1) is 11.3 Å². The van der Waals surface area contributed by atoms with E-state index in [0.29, 0.717) is 12.0 Å². The van der Waals surface area contributed by atoms with Gasteiger partial charge in [-0.25, -0.2) is 0 Å². The van der Waals surface area contributed by atoms with Crippen molar-refractivity contribution < 1.29 is 0 Å². The first-order chi connectivity index (χ1) is 7.56. The summed E-state index contributed by atoms with van der Waals surface area (Å²) in [6, 6.07) is 4.90. The average molecular weight is 240 g/mol. The second kappa shape index (κ2) is 6.38. The van der Waals surface area contributed by atoms with Crippen molar-refractivity contribution in [2.45, 2.75) is 39.3 Å². The molecule has 2 atom stereocenters. The SMILES string of the molecule is CCC(N)C(c1cccs1)N(C)CC(C)C. The molecule has 0 saturated heterocycles. The molecule has 0 spiro atoms. The van der Waals surface area contributed by atoms with Crippen LogP contribution in [0.1, 0.15) is 38.1 Å². The topological polar surface area (TPSA) is 29.3 Å². The summed E-state index contributed by atoms with van der Waals surface area (Å²) in [4.78, 5) is 3.78. The monoisotopic (exact) mass is 240 g/mol. The largest absolute Gasteiger partial charge is 0.326 e. The van der Waals surface area contributed by atoms with Gasteiger partial charge in [0.2, 0.25) is 0 Å². The Morgan fingerprint density at radius 3 is 2.56 bits per heavy atom. The van der Waals surface area contributed by atoms with Crippen LogP contribution in [0.25, 0.3) is 0 Å². The van der Waals surface area contributed by atoms with E-state index in [4.69, 9.17) is 5.73 Å². The molecule has 0 saturated carbocycles. The molecule has 1 rings (SSSR count). The van der Waals surface area contributed by atoms with Gasteiger partial charge in [0.15, 0.2) is 0 Å². The first-order valence-electron chi connectivity index (χ1n) is 6.05. The van der Waals surface area contributed by atoms with Gasteiger partial charge in [-0.05, 0) is 30.8 Å². The summed E-state index contributed by atoms with van der Waals surface area (Å²) in [5, 5.41) is 2.13. The van der Waals surface area contributed by atoms with Crippen LogP contribution in [0.5, 0.6) is 0 Å². The molecule has 2 nitrogen and oxygen atoms in total. The summed E-state index contributed by atoms with van der Waals surface area (Å²) < 4.78 is 0. The highest BCUT2D eigenvalue weighted by Crippen LogP contribution is 2.28. The fraction of sp³-hybridized carbons (Fsp3) is 0.692. The second-order valence-corrected chi connectivity index (χ2v) is 5.85. The fourth-order valence-corrected chi connectivity index (χ4v) is 3.09. The van der Waals surface area contributed by atoms with Crippen molar-refractivity contribution in [2.75, 3.05) is 13.6 Å². The molecule has 0 aromatic carbocycles. The molecular formula is C13H24N2S. The molecule has 0 amide bonds. The maximum atomic E-state index is 6.25. The Bertz CT molecular complexity index is 282. The Morgan fingerprint density at radius 1 is 1.44 bits per heavy atom. The maximum absolute atomic E-state index is 6.25. The molecule has 2 N–H and O–H groups in total. The highest BCUT2D eigenvalue weighted by atomic mass is 32.1. The van der Waals surface area contributed by atoms with Crippen molar-refractivity contribution in [2.24, 2.45) is 11.7 Å². The van der Waals surface area contributed by atoms with Crippen LogP contribution in [0.2, 0.25) is 0 Å². The molecule has 0 aliphatic carbocycles. The van der Waals surface area contributed by atoms with Gasteiger partial charge in [-0.3, -0.25) is 4.90 Å². The third-order valence-corrected chi connectivity index (χ3v) is 3.78. The first-order valence-corrected chi connectivity index (χ1v) is 6.93. The molecule has 3 heteroatoms. The Kier molecular flexibility index (Phi) is 5.46. The number of thiophene rings is 1. The third kappa shape index (κ3) is 3.58. The zero-order valence-electron chi connectivity index (χ0n) is 10.8. The number of hydrogen-bond donors (Lipinski definition) is 1. The van der Waals surface area contributed by atoms with Gasteiger partial charge in [0.25, 0.3) is 0 Å². The number of likely N-dealkylation sites (N-methyl/N-ethyl adjacent to an activating group) is 1. The average Bonchev–Trinajstić information content (AvgIpc) is 2.69. The highest BCUT2D eigenvalue weighted by molar-refractivity contribution is 7.10. The summed E-state index contributed by atoms with van der Waals surface area (Å²) in [6.07, 6.45) is 1.02. The highest BCUT2D eigenvalue weighted by Gasteiger charge is 2.24. The van der Waals surface area contributed by atoms with Gasteiger partial charge in [-0.2, -0.15) is 0 Å². The Balaban J connectivity index is 2.79. The van der Waals surface area contributed by atoms with Crippen LogP contribution in [-0.4, -0.2) is 24.5 Å². The Labute approximate surface area is 103 Å². The number of nitrogens with zero attached hydrogens (tertiary/aromatic N) is 1. The molecule has 16 heavy (non-hydrogen) atoms. The van der Waals surface area contributed by atoms with Gasteiger partial charge in [0.05, 0.1) is 6.04 Å². The van der Waals surface area contributed by atoms with E-state index in [-0.39, 0.29) is 6.04 Å². The van der Waals surface area contributed by atoms with E-state index in [9.17, 15) is 0 Å². The molecule has 0 bridgehead atoms. The number of nitrogens with two attached hydrogens (primary N) is 1. The molecule has 1 heterocycles. The number of hydrogen-bond acceptors (Lipinski definition) is 3. The maximum Gasteiger partial charge on any atom is 0.0590 e. The van der Waals surface area contributed by atoms with E-state index in [1.54, 1.807) is 0 Å². The van der Waals surface area contributed by atoms with Crippen molar-refractivity contribution in [1.29, 1.82) is 0 Å². The van der Waals surface area contributed by atoms with E-state index in [1.807, 2.05) is 11.3 Å². The lowest BCUT2D eigenvalue weighted by Gasteiger charge is -2.32. The second-order valence-electron chi connectivity index (χ2n) is 4.87. The minimum atomic E-state index is 0.224. The summed E-state index contributed by atoms with van der Waals surface area (Å²) in [5.74, 6) is 0.677. The normalized spacial score (nSPS) is 15.7. The summed E-state index contributed by atoms with van der Waals surface area (Å²) in [6.45, 7) is 7.75. The predicted molar refractivity (Wildman–Crippen MR) is 72.8 cm³/mol. The summed E-state index contributed by atoms with van der Waals surface area (Å²) >= 11 is 1.81. The van der Waals surface area contributed by atoms with Crippen LogP contribution in [0.3, 0.4) is 0 Å². The molecule has 0 radical (unpaired) electrons. The van der Waals surface area contributed by atoms with Crippen LogP contribution < -0.4 is 5.73 Å². The van der Waals surface area contributed by atoms with E-state index in [1.165, 1.54) is 4.88 Å². The lowest BCUT2D eigenvalue weighted by atomic mass is 10.0. The minimum Gasteiger partial charge on any atom is -0.326 e. The predicted octanol–water partition coefficient (Wildman–Crippen LogP) is 3.11. The summed E-state index contributed by atoms with van der Waals surface area (Å²) in [7, 11) is 2.18. The first kappa shape index (κ1) is 13.7. The van der Waals surface area contributed by atoms with Gasteiger partial charge in [-0.1, -0.05) is 26.8 Å². The molecule has 0 aliphatic rings. The van der Waals surface area contributed by atoms with Gasteiger partial charge in [0, 0.05) is 17.5 Å². The molecule has 0 aliphatic heterocycles. The zero-order chi connectivity index (χ0) is 12.1. The van der Waals surface area contributed by atoms with Crippen molar-refractivity contribution in [1.82, 2.24) is 4.90 Å². The molecule has 92 valence electrons. The minimum absolute atomic E-state index is 0.224. The summed E-state index contributed by atoms with van der Waals surface area (Å²) in [5.41, 5.74) is 6.25. The van der Waals surface area contributed by atoms with E-state index >= 15 is 0 Å². The van der Waals surface area contributed by atoms with Crippen molar-refractivity contribution in [3.05, 3.63) is 22.4 Å². The van der Waals surface area contributed by atoms with Crippen LogP contribution >= 0.6 is 11.3 Å². The third-order valence-electron chi connectivity index (χ3n) is 2.84. The van der Waals surface area contributed by atoms with E-state index in [0.717, 1.165) is 13.0 Å². The fourth-order valence-electron chi connectivity index (χ4n) is 2.13. The Hall–Kier alpha value is -0.380. The van der Waals surface area contributed by atoms with Crippen LogP contribution in [0.15, 0.2) is 17.5 Å². The van der Waals surface area contributed by atoms with Gasteiger partial charge >= 0.3 is 0 Å². The van der Waals surface area contributed by atoms with E-state index < -0.39 is 0 Å². The smallest absolute Gasteiger partial charge is 0.0590 e. The molecule has 1 aromatic rings.